The second kappa shape index (κ2) is 9.84. The zero-order valence-electron chi connectivity index (χ0n) is 17.9. The van der Waals surface area contributed by atoms with Crippen LogP contribution >= 0.6 is 11.8 Å². The number of hydrogen-bond donors (Lipinski definition) is 1. The van der Waals surface area contributed by atoms with Crippen LogP contribution in [0, 0.1) is 5.92 Å². The minimum absolute atomic E-state index is 0.0190. The normalized spacial score (nSPS) is 26.5. The number of amides is 2. The molecule has 2 amide bonds. The maximum atomic E-state index is 13.2. The monoisotopic (exact) mass is 479 g/mol. The Morgan fingerprint density at radius 1 is 1.19 bits per heavy atom. The van der Waals surface area contributed by atoms with Crippen LogP contribution in [0.3, 0.4) is 0 Å². The van der Waals surface area contributed by atoms with Gasteiger partial charge in [0.1, 0.15) is 6.61 Å². The number of piperidine rings is 1. The van der Waals surface area contributed by atoms with E-state index in [1.807, 2.05) is 30.3 Å². The minimum atomic E-state index is -3.42. The SMILES string of the molecule is C=CC(=O)NC1CC2CN(S(=O)(=O)C3CCN(C(=O)OCc4ccccc4)CC3)CC2S1. The molecule has 1 aromatic rings. The summed E-state index contributed by atoms with van der Waals surface area (Å²) in [5, 5.41) is 2.65. The van der Waals surface area contributed by atoms with Gasteiger partial charge in [-0.3, -0.25) is 4.79 Å². The number of carbonyl (C=O) groups is 2. The van der Waals surface area contributed by atoms with Crippen molar-refractivity contribution in [3.63, 3.8) is 0 Å². The summed E-state index contributed by atoms with van der Waals surface area (Å²) in [5.74, 6) is 0.0546. The number of thioether (sulfide) groups is 1. The van der Waals surface area contributed by atoms with E-state index in [4.69, 9.17) is 4.74 Å². The number of nitrogens with one attached hydrogen (secondary N) is 1. The standard InChI is InChI=1S/C22H29N3O5S2/c1-2-20(26)23-21-12-17-13-25(14-19(17)31-21)32(28,29)18-8-10-24(11-9-18)22(27)30-15-16-6-4-3-5-7-16/h2-7,17-19,21H,1,8-15H2,(H,23,26). The third-order valence-electron chi connectivity index (χ3n) is 6.38. The highest BCUT2D eigenvalue weighted by Crippen LogP contribution is 2.43. The molecule has 3 unspecified atom stereocenters. The summed E-state index contributed by atoms with van der Waals surface area (Å²) in [6.45, 7) is 5.42. The number of fused-ring (bicyclic) bond motifs is 1. The molecule has 0 saturated carbocycles. The highest BCUT2D eigenvalue weighted by Gasteiger charge is 2.47. The summed E-state index contributed by atoms with van der Waals surface area (Å²) < 4.78 is 33.4. The topological polar surface area (TPSA) is 96.0 Å². The number of benzene rings is 1. The van der Waals surface area contributed by atoms with Crippen LogP contribution in [0.1, 0.15) is 24.8 Å². The molecule has 4 rings (SSSR count). The Kier molecular flexibility index (Phi) is 7.11. The number of rotatable bonds is 6. The molecule has 3 heterocycles. The predicted octanol–water partition coefficient (Wildman–Crippen LogP) is 2.18. The fourth-order valence-corrected chi connectivity index (χ4v) is 8.34. The van der Waals surface area contributed by atoms with E-state index >= 15 is 0 Å². The first-order valence-electron chi connectivity index (χ1n) is 10.9. The van der Waals surface area contributed by atoms with Crippen LogP contribution in [0.15, 0.2) is 43.0 Å². The van der Waals surface area contributed by atoms with E-state index in [9.17, 15) is 18.0 Å². The third-order valence-corrected chi connectivity index (χ3v) is 10.2. The molecule has 1 aromatic carbocycles. The van der Waals surface area contributed by atoms with Gasteiger partial charge in [0.2, 0.25) is 15.9 Å². The summed E-state index contributed by atoms with van der Waals surface area (Å²) in [5.41, 5.74) is 0.919. The Bertz CT molecular complexity index is 934. The first-order valence-corrected chi connectivity index (χ1v) is 13.3. The Morgan fingerprint density at radius 3 is 2.56 bits per heavy atom. The van der Waals surface area contributed by atoms with E-state index in [0.29, 0.717) is 39.0 Å². The molecule has 0 aromatic heterocycles. The number of ether oxygens (including phenoxy) is 1. The molecule has 174 valence electrons. The molecular formula is C22H29N3O5S2. The van der Waals surface area contributed by atoms with Crippen molar-refractivity contribution >= 4 is 33.8 Å². The van der Waals surface area contributed by atoms with Crippen LogP contribution in [0.2, 0.25) is 0 Å². The first-order chi connectivity index (χ1) is 15.4. The first kappa shape index (κ1) is 23.1. The summed E-state index contributed by atoms with van der Waals surface area (Å²) in [6, 6.07) is 9.47. The van der Waals surface area contributed by atoms with Crippen molar-refractivity contribution in [3.8, 4) is 0 Å². The maximum absolute atomic E-state index is 13.2. The Hall–Kier alpha value is -2.04. The molecule has 1 N–H and O–H groups in total. The van der Waals surface area contributed by atoms with Crippen LogP contribution in [0.25, 0.3) is 0 Å². The van der Waals surface area contributed by atoms with Gasteiger partial charge in [0, 0.05) is 31.4 Å². The van der Waals surface area contributed by atoms with E-state index in [-0.39, 0.29) is 29.1 Å². The molecular weight excluding hydrogens is 450 g/mol. The molecule has 0 spiro atoms. The van der Waals surface area contributed by atoms with Gasteiger partial charge in [0.25, 0.3) is 0 Å². The molecule has 3 aliphatic heterocycles. The summed E-state index contributed by atoms with van der Waals surface area (Å²) >= 11 is 1.64. The lowest BCUT2D eigenvalue weighted by atomic mass is 10.1. The van der Waals surface area contributed by atoms with E-state index < -0.39 is 21.4 Å². The largest absolute Gasteiger partial charge is 0.445 e. The summed E-state index contributed by atoms with van der Waals surface area (Å²) in [7, 11) is -3.42. The molecule has 0 radical (unpaired) electrons. The van der Waals surface area contributed by atoms with Crippen molar-refractivity contribution in [3.05, 3.63) is 48.6 Å². The maximum Gasteiger partial charge on any atom is 0.410 e. The van der Waals surface area contributed by atoms with E-state index in [1.54, 1.807) is 21.0 Å². The van der Waals surface area contributed by atoms with Gasteiger partial charge >= 0.3 is 6.09 Å². The van der Waals surface area contributed by atoms with E-state index in [2.05, 4.69) is 11.9 Å². The van der Waals surface area contributed by atoms with Crippen LogP contribution in [0.4, 0.5) is 4.79 Å². The van der Waals surface area contributed by atoms with Crippen LogP contribution in [-0.4, -0.2) is 71.7 Å². The van der Waals surface area contributed by atoms with E-state index in [0.717, 1.165) is 12.0 Å². The fourth-order valence-electron chi connectivity index (χ4n) is 4.60. The van der Waals surface area contributed by atoms with Gasteiger partial charge in [-0.1, -0.05) is 36.9 Å². The molecule has 32 heavy (non-hydrogen) atoms. The Balaban J connectivity index is 1.24. The second-order valence-corrected chi connectivity index (χ2v) is 12.1. The Labute approximate surface area is 193 Å². The molecule has 10 heteroatoms. The van der Waals surface area contributed by atoms with Gasteiger partial charge in [-0.05, 0) is 36.8 Å². The third kappa shape index (κ3) is 5.13. The van der Waals surface area contributed by atoms with Gasteiger partial charge in [0.15, 0.2) is 0 Å². The minimum Gasteiger partial charge on any atom is -0.445 e. The van der Waals surface area contributed by atoms with Gasteiger partial charge in [0.05, 0.1) is 10.6 Å². The molecule has 0 aliphatic carbocycles. The van der Waals surface area contributed by atoms with Crippen molar-refractivity contribution < 1.29 is 22.7 Å². The number of carbonyl (C=O) groups excluding carboxylic acids is 2. The smallest absolute Gasteiger partial charge is 0.410 e. The number of sulfonamides is 1. The predicted molar refractivity (Wildman–Crippen MR) is 123 cm³/mol. The quantitative estimate of drug-likeness (QED) is 0.629. The molecule has 3 saturated heterocycles. The summed E-state index contributed by atoms with van der Waals surface area (Å²) in [6.07, 6.45) is 2.46. The van der Waals surface area contributed by atoms with E-state index in [1.165, 1.54) is 6.08 Å². The Morgan fingerprint density at radius 2 is 1.91 bits per heavy atom. The number of hydrogen-bond acceptors (Lipinski definition) is 6. The average molecular weight is 480 g/mol. The lowest BCUT2D eigenvalue weighted by Crippen LogP contribution is -2.46. The van der Waals surface area contributed by atoms with Crippen molar-refractivity contribution in [2.75, 3.05) is 26.2 Å². The molecule has 3 fully saturated rings. The molecule has 8 nitrogen and oxygen atoms in total. The second-order valence-electron chi connectivity index (χ2n) is 8.46. The lowest BCUT2D eigenvalue weighted by Gasteiger charge is -2.33. The lowest BCUT2D eigenvalue weighted by molar-refractivity contribution is -0.116. The van der Waals surface area contributed by atoms with Crippen LogP contribution in [-0.2, 0) is 26.2 Å². The zero-order valence-corrected chi connectivity index (χ0v) is 19.5. The van der Waals surface area contributed by atoms with Crippen molar-refractivity contribution in [2.24, 2.45) is 5.92 Å². The van der Waals surface area contributed by atoms with Crippen molar-refractivity contribution in [1.82, 2.24) is 14.5 Å². The highest BCUT2D eigenvalue weighted by atomic mass is 32.2. The number of likely N-dealkylation sites (tertiary alicyclic amines) is 1. The van der Waals surface area contributed by atoms with Gasteiger partial charge in [-0.15, -0.1) is 11.8 Å². The van der Waals surface area contributed by atoms with Crippen LogP contribution < -0.4 is 5.32 Å². The van der Waals surface area contributed by atoms with Crippen molar-refractivity contribution in [1.29, 1.82) is 0 Å². The van der Waals surface area contributed by atoms with Gasteiger partial charge in [-0.25, -0.2) is 17.5 Å². The molecule has 3 atom stereocenters. The molecule has 3 aliphatic rings. The fraction of sp³-hybridized carbons (Fsp3) is 0.545. The summed E-state index contributed by atoms with van der Waals surface area (Å²) in [4.78, 5) is 25.5. The zero-order chi connectivity index (χ0) is 22.7. The highest BCUT2D eigenvalue weighted by molar-refractivity contribution is 8.00. The number of nitrogens with zero attached hydrogens (tertiary/aromatic N) is 2. The molecule has 0 bridgehead atoms. The van der Waals surface area contributed by atoms with Gasteiger partial charge in [-0.2, -0.15) is 0 Å². The van der Waals surface area contributed by atoms with Gasteiger partial charge < -0.3 is 15.0 Å². The average Bonchev–Trinajstić information content (AvgIpc) is 3.37. The van der Waals surface area contributed by atoms with Crippen LogP contribution in [0.5, 0.6) is 0 Å². The van der Waals surface area contributed by atoms with Crippen molar-refractivity contribution in [2.45, 2.75) is 41.7 Å².